The SMILES string of the molecule is O=C(CCCCCBr)Oc1ccc(N=Nc2ccccc2)cc1. The maximum Gasteiger partial charge on any atom is 0.311 e. The Balaban J connectivity index is 1.82. The van der Waals surface area contributed by atoms with Crippen molar-refractivity contribution in [3.05, 3.63) is 54.6 Å². The molecule has 4 nitrogen and oxygen atoms in total. The molecule has 2 rings (SSSR count). The fourth-order valence-electron chi connectivity index (χ4n) is 1.91. The number of esters is 1. The highest BCUT2D eigenvalue weighted by molar-refractivity contribution is 9.09. The number of azo groups is 1. The highest BCUT2D eigenvalue weighted by Crippen LogP contribution is 2.21. The molecule has 0 aliphatic heterocycles. The molecule has 0 spiro atoms. The second-order valence-corrected chi connectivity index (χ2v) is 5.80. The summed E-state index contributed by atoms with van der Waals surface area (Å²) in [5.74, 6) is 0.340. The van der Waals surface area contributed by atoms with Crippen LogP contribution in [0.2, 0.25) is 0 Å². The number of carbonyl (C=O) groups excluding carboxylic acids is 1. The first kappa shape index (κ1) is 17.3. The third-order valence-corrected chi connectivity index (χ3v) is 3.68. The number of unbranched alkanes of at least 4 members (excludes halogenated alkanes) is 2. The summed E-state index contributed by atoms with van der Waals surface area (Å²) in [6, 6.07) is 16.5. The van der Waals surface area contributed by atoms with Crippen molar-refractivity contribution in [3.63, 3.8) is 0 Å². The second kappa shape index (κ2) is 9.90. The van der Waals surface area contributed by atoms with E-state index in [2.05, 4.69) is 26.2 Å². The van der Waals surface area contributed by atoms with Gasteiger partial charge in [-0.25, -0.2) is 0 Å². The summed E-state index contributed by atoms with van der Waals surface area (Å²) in [4.78, 5) is 11.7. The number of hydrogen-bond donors (Lipinski definition) is 0. The summed E-state index contributed by atoms with van der Waals surface area (Å²) >= 11 is 3.37. The summed E-state index contributed by atoms with van der Waals surface area (Å²) in [7, 11) is 0. The molecule has 2 aromatic carbocycles. The van der Waals surface area contributed by atoms with Crippen LogP contribution in [0.4, 0.5) is 11.4 Å². The van der Waals surface area contributed by atoms with Crippen molar-refractivity contribution in [1.29, 1.82) is 0 Å². The van der Waals surface area contributed by atoms with E-state index in [4.69, 9.17) is 4.74 Å². The lowest BCUT2D eigenvalue weighted by atomic mass is 10.2. The minimum absolute atomic E-state index is 0.196. The molecule has 0 bridgehead atoms. The van der Waals surface area contributed by atoms with Gasteiger partial charge in [0.05, 0.1) is 11.4 Å². The molecule has 0 fully saturated rings. The molecule has 0 aliphatic carbocycles. The minimum atomic E-state index is -0.196. The van der Waals surface area contributed by atoms with Crippen LogP contribution in [0.3, 0.4) is 0 Å². The highest BCUT2D eigenvalue weighted by atomic mass is 79.9. The summed E-state index contributed by atoms with van der Waals surface area (Å²) < 4.78 is 5.29. The van der Waals surface area contributed by atoms with Gasteiger partial charge in [0.15, 0.2) is 0 Å². The van der Waals surface area contributed by atoms with Crippen LogP contribution in [-0.2, 0) is 4.79 Å². The van der Waals surface area contributed by atoms with E-state index in [1.54, 1.807) is 24.3 Å². The van der Waals surface area contributed by atoms with E-state index in [-0.39, 0.29) is 5.97 Å². The molecule has 0 radical (unpaired) electrons. The fraction of sp³-hybridized carbons (Fsp3) is 0.278. The third kappa shape index (κ3) is 6.74. The van der Waals surface area contributed by atoms with Crippen molar-refractivity contribution < 1.29 is 9.53 Å². The van der Waals surface area contributed by atoms with E-state index < -0.39 is 0 Å². The van der Waals surface area contributed by atoms with E-state index in [1.807, 2.05) is 30.3 Å². The monoisotopic (exact) mass is 374 g/mol. The Kier molecular flexibility index (Phi) is 7.46. The Morgan fingerprint density at radius 2 is 1.52 bits per heavy atom. The zero-order chi connectivity index (χ0) is 16.3. The average molecular weight is 375 g/mol. The van der Waals surface area contributed by atoms with E-state index in [9.17, 15) is 4.79 Å². The molecule has 23 heavy (non-hydrogen) atoms. The van der Waals surface area contributed by atoms with Gasteiger partial charge in [0, 0.05) is 11.8 Å². The standard InChI is InChI=1S/C18H19BrN2O2/c19-14-6-2-5-9-18(22)23-17-12-10-16(11-13-17)21-20-15-7-3-1-4-8-15/h1,3-4,7-8,10-13H,2,5-6,9,14H2. The molecule has 0 aromatic heterocycles. The highest BCUT2D eigenvalue weighted by Gasteiger charge is 2.04. The molecule has 0 N–H and O–H groups in total. The lowest BCUT2D eigenvalue weighted by Crippen LogP contribution is -2.07. The van der Waals surface area contributed by atoms with E-state index >= 15 is 0 Å². The van der Waals surface area contributed by atoms with Crippen molar-refractivity contribution >= 4 is 33.3 Å². The lowest BCUT2D eigenvalue weighted by Gasteiger charge is -2.04. The second-order valence-electron chi connectivity index (χ2n) is 5.00. The van der Waals surface area contributed by atoms with Gasteiger partial charge >= 0.3 is 5.97 Å². The first-order chi connectivity index (χ1) is 11.3. The minimum Gasteiger partial charge on any atom is -0.427 e. The molecule has 0 atom stereocenters. The Morgan fingerprint density at radius 3 is 2.17 bits per heavy atom. The van der Waals surface area contributed by atoms with Crippen LogP contribution in [0.25, 0.3) is 0 Å². The van der Waals surface area contributed by atoms with Gasteiger partial charge in [-0.1, -0.05) is 40.5 Å². The zero-order valence-electron chi connectivity index (χ0n) is 12.8. The van der Waals surface area contributed by atoms with E-state index in [0.29, 0.717) is 17.9 Å². The average Bonchev–Trinajstić information content (AvgIpc) is 2.59. The van der Waals surface area contributed by atoms with Crippen LogP contribution in [0, 0.1) is 0 Å². The summed E-state index contributed by atoms with van der Waals surface area (Å²) in [5.41, 5.74) is 1.51. The Labute approximate surface area is 144 Å². The molecular formula is C18H19BrN2O2. The quantitative estimate of drug-likeness (QED) is 0.188. The van der Waals surface area contributed by atoms with Crippen LogP contribution in [0.5, 0.6) is 5.75 Å². The summed E-state index contributed by atoms with van der Waals surface area (Å²) in [6.45, 7) is 0. The number of rotatable bonds is 8. The number of hydrogen-bond acceptors (Lipinski definition) is 4. The van der Waals surface area contributed by atoms with Crippen molar-refractivity contribution in [1.82, 2.24) is 0 Å². The zero-order valence-corrected chi connectivity index (χ0v) is 14.4. The fourth-order valence-corrected chi connectivity index (χ4v) is 2.31. The Hall–Kier alpha value is -2.01. The first-order valence-corrected chi connectivity index (χ1v) is 8.73. The van der Waals surface area contributed by atoms with E-state index in [0.717, 1.165) is 30.3 Å². The number of carbonyl (C=O) groups is 1. The van der Waals surface area contributed by atoms with Gasteiger partial charge in [0.2, 0.25) is 0 Å². The Morgan fingerprint density at radius 1 is 0.870 bits per heavy atom. The van der Waals surface area contributed by atoms with Gasteiger partial charge in [0.1, 0.15) is 5.75 Å². The number of ether oxygens (including phenoxy) is 1. The number of benzene rings is 2. The number of nitrogens with zero attached hydrogens (tertiary/aromatic N) is 2. The van der Waals surface area contributed by atoms with Crippen molar-refractivity contribution in [3.8, 4) is 5.75 Å². The molecule has 0 heterocycles. The normalized spacial score (nSPS) is 10.8. The predicted molar refractivity (Wildman–Crippen MR) is 95.0 cm³/mol. The summed E-state index contributed by atoms with van der Waals surface area (Å²) in [6.07, 6.45) is 3.41. The Bertz CT molecular complexity index is 627. The number of halogens is 1. The van der Waals surface area contributed by atoms with E-state index in [1.165, 1.54) is 0 Å². The number of alkyl halides is 1. The molecule has 0 aliphatic rings. The summed E-state index contributed by atoms with van der Waals surface area (Å²) in [5, 5.41) is 9.26. The van der Waals surface area contributed by atoms with Crippen LogP contribution < -0.4 is 4.74 Å². The van der Waals surface area contributed by atoms with Crippen molar-refractivity contribution in [2.75, 3.05) is 5.33 Å². The molecule has 5 heteroatoms. The smallest absolute Gasteiger partial charge is 0.311 e. The van der Waals surface area contributed by atoms with Gasteiger partial charge in [-0.15, -0.1) is 0 Å². The topological polar surface area (TPSA) is 51.0 Å². The molecule has 120 valence electrons. The maximum absolute atomic E-state index is 11.7. The molecule has 0 amide bonds. The molecular weight excluding hydrogens is 356 g/mol. The predicted octanol–water partition coefficient (Wildman–Crippen LogP) is 5.96. The molecule has 0 unspecified atom stereocenters. The lowest BCUT2D eigenvalue weighted by molar-refractivity contribution is -0.134. The van der Waals surface area contributed by atoms with Gasteiger partial charge in [-0.05, 0) is 49.2 Å². The van der Waals surface area contributed by atoms with Crippen LogP contribution >= 0.6 is 15.9 Å². The van der Waals surface area contributed by atoms with Gasteiger partial charge < -0.3 is 4.74 Å². The maximum atomic E-state index is 11.7. The van der Waals surface area contributed by atoms with Crippen molar-refractivity contribution in [2.24, 2.45) is 10.2 Å². The van der Waals surface area contributed by atoms with Crippen LogP contribution in [0.1, 0.15) is 25.7 Å². The van der Waals surface area contributed by atoms with Gasteiger partial charge in [-0.3, -0.25) is 4.79 Å². The molecule has 0 saturated heterocycles. The van der Waals surface area contributed by atoms with Crippen LogP contribution in [-0.4, -0.2) is 11.3 Å². The first-order valence-electron chi connectivity index (χ1n) is 7.61. The van der Waals surface area contributed by atoms with Crippen molar-refractivity contribution in [2.45, 2.75) is 25.7 Å². The third-order valence-electron chi connectivity index (χ3n) is 3.12. The van der Waals surface area contributed by atoms with Gasteiger partial charge in [0.25, 0.3) is 0 Å². The van der Waals surface area contributed by atoms with Crippen LogP contribution in [0.15, 0.2) is 64.8 Å². The molecule has 2 aromatic rings. The van der Waals surface area contributed by atoms with Gasteiger partial charge in [-0.2, -0.15) is 10.2 Å². The molecule has 0 saturated carbocycles. The largest absolute Gasteiger partial charge is 0.427 e.